The van der Waals surface area contributed by atoms with Crippen molar-refractivity contribution in [3.8, 4) is 23.0 Å². The number of carbonyl (C=O) groups is 3. The monoisotopic (exact) mass is 818 g/mol. The summed E-state index contributed by atoms with van der Waals surface area (Å²) in [6.45, 7) is 16.1. The maximum atomic E-state index is 11.5. The average Bonchev–Trinajstić information content (AvgIpc) is 3.20. The fourth-order valence-electron chi connectivity index (χ4n) is 5.75. The first-order chi connectivity index (χ1) is 28.0. The minimum absolute atomic E-state index is 0.0955. The topological polar surface area (TPSA) is 207 Å². The highest BCUT2D eigenvalue weighted by molar-refractivity contribution is 5.71. The van der Waals surface area contributed by atoms with Gasteiger partial charge in [-0.3, -0.25) is 0 Å². The van der Waals surface area contributed by atoms with Crippen molar-refractivity contribution in [3.63, 3.8) is 0 Å². The number of benzene rings is 4. The van der Waals surface area contributed by atoms with Gasteiger partial charge in [-0.15, -0.1) is 0 Å². The molecule has 4 rings (SSSR count). The number of ether oxygens (including phenoxy) is 4. The average molecular weight is 819 g/mol. The van der Waals surface area contributed by atoms with E-state index < -0.39 is 12.2 Å². The van der Waals surface area contributed by atoms with E-state index in [2.05, 4.69) is 11.4 Å². The number of hydrogen-bond donors (Lipinski definition) is 6. The van der Waals surface area contributed by atoms with Gasteiger partial charge in [0.05, 0.1) is 25.4 Å². The summed E-state index contributed by atoms with van der Waals surface area (Å²) in [7, 11) is 0. The number of phenols is 2. The maximum Gasteiger partial charge on any atom is 0.344 e. The number of esters is 2. The Morgan fingerprint density at radius 1 is 0.678 bits per heavy atom. The summed E-state index contributed by atoms with van der Waals surface area (Å²) in [5.41, 5.74) is 13.1. The number of aliphatic hydroxyl groups excluding tert-OH is 2. The Balaban J connectivity index is 0.000000339. The molecule has 7 N–H and O–H groups in total. The molecule has 0 heterocycles. The molecule has 0 aliphatic heterocycles. The first-order valence-electron chi connectivity index (χ1n) is 19.6. The molecule has 0 radical (unpaired) electrons. The number of carbonyl (C=O) groups excluding carboxylic acids is 3. The van der Waals surface area contributed by atoms with E-state index in [1.54, 1.807) is 57.2 Å². The number of aromatic hydroxyl groups is 2. The number of phenolic OH excluding ortho intramolecular Hbond substituents is 2. The van der Waals surface area contributed by atoms with E-state index in [0.717, 1.165) is 51.7 Å². The number of aldehydes is 1. The minimum atomic E-state index is -0.661. The zero-order chi connectivity index (χ0) is 44.1. The number of nitrogens with one attached hydrogen (secondary N) is 1. The van der Waals surface area contributed by atoms with Crippen LogP contribution in [0.2, 0.25) is 0 Å². The molecule has 322 valence electrons. The number of aliphatic hydroxyl groups is 2. The van der Waals surface area contributed by atoms with E-state index in [9.17, 15) is 29.7 Å². The van der Waals surface area contributed by atoms with Crippen molar-refractivity contribution in [1.29, 1.82) is 0 Å². The molecule has 0 spiro atoms. The van der Waals surface area contributed by atoms with Crippen LogP contribution in [0.25, 0.3) is 0 Å². The van der Waals surface area contributed by atoms with E-state index in [0.29, 0.717) is 37.7 Å². The van der Waals surface area contributed by atoms with Crippen molar-refractivity contribution in [2.45, 2.75) is 92.5 Å². The van der Waals surface area contributed by atoms with Crippen LogP contribution in [-0.2, 0) is 36.7 Å². The van der Waals surface area contributed by atoms with Crippen LogP contribution in [-0.4, -0.2) is 83.7 Å². The van der Waals surface area contributed by atoms with Crippen molar-refractivity contribution < 1.29 is 53.8 Å². The Kier molecular flexibility index (Phi) is 21.7. The van der Waals surface area contributed by atoms with E-state index in [-0.39, 0.29) is 48.7 Å². The number of aryl methyl sites for hydroxylation is 4. The molecule has 0 fully saturated rings. The van der Waals surface area contributed by atoms with Gasteiger partial charge in [0.2, 0.25) is 0 Å². The molecule has 4 atom stereocenters. The molecule has 0 amide bonds. The highest BCUT2D eigenvalue weighted by atomic mass is 16.6. The maximum absolute atomic E-state index is 11.5. The van der Waals surface area contributed by atoms with Crippen LogP contribution in [0.4, 0.5) is 0 Å². The van der Waals surface area contributed by atoms with Gasteiger partial charge in [0.25, 0.3) is 0 Å². The predicted octanol–water partition coefficient (Wildman–Crippen LogP) is 5.96. The minimum Gasteiger partial charge on any atom is -0.508 e. The summed E-state index contributed by atoms with van der Waals surface area (Å²) in [6.07, 6.45) is 0.756. The van der Waals surface area contributed by atoms with Crippen LogP contribution in [0.15, 0.2) is 72.8 Å². The molecule has 0 saturated carbocycles. The summed E-state index contributed by atoms with van der Waals surface area (Å²) in [6, 6.07) is 20.3. The second-order valence-electron chi connectivity index (χ2n) is 14.1. The highest BCUT2D eigenvalue weighted by Gasteiger charge is 2.17. The molecule has 0 saturated heterocycles. The zero-order valence-electron chi connectivity index (χ0n) is 35.5. The molecule has 0 unspecified atom stereocenters. The van der Waals surface area contributed by atoms with Gasteiger partial charge in [0.15, 0.2) is 13.2 Å². The van der Waals surface area contributed by atoms with Crippen LogP contribution in [0, 0.1) is 27.7 Å². The van der Waals surface area contributed by atoms with Crippen LogP contribution in [0.1, 0.15) is 84.4 Å². The number of rotatable bonds is 18. The number of hydrogen-bond acceptors (Lipinski definition) is 13. The van der Waals surface area contributed by atoms with Gasteiger partial charge in [0.1, 0.15) is 29.3 Å². The van der Waals surface area contributed by atoms with Crippen molar-refractivity contribution in [1.82, 2.24) is 5.32 Å². The zero-order valence-corrected chi connectivity index (χ0v) is 35.5. The SMILES string of the molecule is CCOC(=O)COc1cc(C)c(CC=O)cc1C.CCOC(=O)COc1cc(C)c(CCN[C@@H](C)[C@H](O)c2ccc(O)cc2)cc1C.C[C@H](N)[C@H](O)c1ccc(O)cc1. The van der Waals surface area contributed by atoms with Crippen LogP contribution >= 0.6 is 0 Å². The molecule has 13 heteroatoms. The summed E-state index contributed by atoms with van der Waals surface area (Å²) >= 11 is 0. The van der Waals surface area contributed by atoms with Gasteiger partial charge >= 0.3 is 11.9 Å². The van der Waals surface area contributed by atoms with E-state index >= 15 is 0 Å². The lowest BCUT2D eigenvalue weighted by atomic mass is 10.0. The lowest BCUT2D eigenvalue weighted by molar-refractivity contribution is -0.146. The molecular formula is C46H62N2O11. The molecule has 0 bridgehead atoms. The lowest BCUT2D eigenvalue weighted by Crippen LogP contribution is -2.33. The van der Waals surface area contributed by atoms with Crippen LogP contribution < -0.4 is 20.5 Å². The van der Waals surface area contributed by atoms with Gasteiger partial charge in [-0.05, 0) is 149 Å². The molecular weight excluding hydrogens is 757 g/mol. The highest BCUT2D eigenvalue weighted by Crippen LogP contribution is 2.25. The van der Waals surface area contributed by atoms with E-state index in [1.165, 1.54) is 17.7 Å². The third kappa shape index (κ3) is 17.5. The Morgan fingerprint density at radius 3 is 1.53 bits per heavy atom. The van der Waals surface area contributed by atoms with Crippen LogP contribution in [0.3, 0.4) is 0 Å². The Hall–Kier alpha value is -5.47. The molecule has 0 aliphatic rings. The first-order valence-corrected chi connectivity index (χ1v) is 19.6. The Morgan fingerprint density at radius 2 is 1.10 bits per heavy atom. The smallest absolute Gasteiger partial charge is 0.344 e. The summed E-state index contributed by atoms with van der Waals surface area (Å²) in [5.74, 6) is 0.946. The van der Waals surface area contributed by atoms with Crippen molar-refractivity contribution in [2.75, 3.05) is 33.0 Å². The summed E-state index contributed by atoms with van der Waals surface area (Å²) in [4.78, 5) is 33.2. The van der Waals surface area contributed by atoms with Crippen molar-refractivity contribution >= 4 is 18.2 Å². The second kappa shape index (κ2) is 25.8. The fraction of sp³-hybridized carbons (Fsp3) is 0.413. The third-order valence-corrected chi connectivity index (χ3v) is 9.17. The summed E-state index contributed by atoms with van der Waals surface area (Å²) in [5, 5.41) is 41.6. The molecule has 0 aliphatic carbocycles. The van der Waals surface area contributed by atoms with E-state index in [4.69, 9.17) is 29.8 Å². The van der Waals surface area contributed by atoms with Gasteiger partial charge in [-0.2, -0.15) is 0 Å². The van der Waals surface area contributed by atoms with Crippen molar-refractivity contribution in [3.05, 3.63) is 117 Å². The standard InChI is InChI=1S/C23H31NO5.C14H18O4.C9H13NO2/c1-5-28-22(26)14-29-21-13-15(2)19(12-16(21)3)10-11-24-17(4)23(27)18-6-8-20(25)9-7-18;1-4-17-14(16)9-18-13-8-10(2)12(5-6-15)7-11(13)3;1-6(10)9(12)7-2-4-8(11)5-3-7/h6-9,12-13,17,23-25,27H,5,10-11,14H2,1-4H3;6-8H,4-5,9H2,1-3H3;2-6,9,11-12H,10H2,1H3/t17-,23-;;6-,9-/m0.0/s1. The van der Waals surface area contributed by atoms with Gasteiger partial charge in [-0.25, -0.2) is 9.59 Å². The molecule has 0 aromatic heterocycles. The van der Waals surface area contributed by atoms with Gasteiger partial charge in [0, 0.05) is 18.5 Å². The molecule has 4 aromatic carbocycles. The largest absolute Gasteiger partial charge is 0.508 e. The van der Waals surface area contributed by atoms with E-state index in [1.807, 2.05) is 52.8 Å². The van der Waals surface area contributed by atoms with Gasteiger partial charge < -0.3 is 55.2 Å². The first kappa shape index (κ1) is 49.7. The predicted molar refractivity (Wildman–Crippen MR) is 227 cm³/mol. The molecule has 59 heavy (non-hydrogen) atoms. The fourth-order valence-corrected chi connectivity index (χ4v) is 5.75. The third-order valence-electron chi connectivity index (χ3n) is 9.17. The van der Waals surface area contributed by atoms with Gasteiger partial charge in [-0.1, -0.05) is 36.4 Å². The Labute approximate surface area is 348 Å². The van der Waals surface area contributed by atoms with Crippen molar-refractivity contribution in [2.24, 2.45) is 5.73 Å². The second-order valence-corrected chi connectivity index (χ2v) is 14.1. The summed E-state index contributed by atoms with van der Waals surface area (Å²) < 4.78 is 20.7. The molecule has 13 nitrogen and oxygen atoms in total. The number of nitrogens with two attached hydrogens (primary N) is 1. The lowest BCUT2D eigenvalue weighted by Gasteiger charge is -2.21. The Bertz CT molecular complexity index is 1900. The molecule has 4 aromatic rings. The quantitative estimate of drug-likeness (QED) is 0.0507. The van der Waals surface area contributed by atoms with Crippen LogP contribution in [0.5, 0.6) is 23.0 Å². The normalized spacial score (nSPS) is 12.6.